The van der Waals surface area contributed by atoms with Gasteiger partial charge in [-0.1, -0.05) is 24.3 Å². The van der Waals surface area contributed by atoms with Gasteiger partial charge < -0.3 is 5.32 Å². The molecule has 3 nitrogen and oxygen atoms in total. The van der Waals surface area contributed by atoms with Crippen molar-refractivity contribution in [2.45, 2.75) is 18.9 Å². The van der Waals surface area contributed by atoms with Crippen LogP contribution in [-0.2, 0) is 0 Å². The molecule has 2 aromatic rings. The number of hydrogen-bond donors (Lipinski definition) is 1. The smallest absolute Gasteiger partial charge is 0.150 e. The van der Waals surface area contributed by atoms with Gasteiger partial charge in [0.15, 0.2) is 6.29 Å². The molecule has 1 aliphatic rings. The van der Waals surface area contributed by atoms with Gasteiger partial charge in [-0.25, -0.2) is 4.98 Å². The second-order valence-electron chi connectivity index (χ2n) is 4.56. The SMILES string of the molecule is O=Cc1ccccc1-c1ccc(NC2CC2)nc1. The Morgan fingerprint density at radius 1 is 1.17 bits per heavy atom. The Morgan fingerprint density at radius 3 is 2.67 bits per heavy atom. The maximum absolute atomic E-state index is 11.0. The quantitative estimate of drug-likeness (QED) is 0.832. The summed E-state index contributed by atoms with van der Waals surface area (Å²) in [6.45, 7) is 0. The molecule has 1 aromatic heterocycles. The van der Waals surface area contributed by atoms with Gasteiger partial charge in [0.2, 0.25) is 0 Å². The predicted octanol–water partition coefficient (Wildman–Crippen LogP) is 3.14. The first-order chi connectivity index (χ1) is 8.86. The Morgan fingerprint density at radius 2 is 2.00 bits per heavy atom. The highest BCUT2D eigenvalue weighted by atomic mass is 16.1. The molecule has 1 aliphatic carbocycles. The monoisotopic (exact) mass is 238 g/mol. The zero-order valence-electron chi connectivity index (χ0n) is 9.97. The molecule has 0 unspecified atom stereocenters. The molecule has 1 aromatic carbocycles. The van der Waals surface area contributed by atoms with E-state index in [0.29, 0.717) is 11.6 Å². The van der Waals surface area contributed by atoms with Crippen LogP contribution < -0.4 is 5.32 Å². The average molecular weight is 238 g/mol. The van der Waals surface area contributed by atoms with E-state index in [1.54, 1.807) is 0 Å². The van der Waals surface area contributed by atoms with Crippen LogP contribution in [0.5, 0.6) is 0 Å². The molecule has 3 heteroatoms. The van der Waals surface area contributed by atoms with Crippen LogP contribution in [0.25, 0.3) is 11.1 Å². The van der Waals surface area contributed by atoms with E-state index < -0.39 is 0 Å². The molecule has 0 spiro atoms. The first-order valence-electron chi connectivity index (χ1n) is 6.14. The highest BCUT2D eigenvalue weighted by Gasteiger charge is 2.21. The van der Waals surface area contributed by atoms with Crippen molar-refractivity contribution in [2.75, 3.05) is 5.32 Å². The first kappa shape index (κ1) is 11.0. The summed E-state index contributed by atoms with van der Waals surface area (Å²) in [5.41, 5.74) is 2.60. The number of anilines is 1. The van der Waals surface area contributed by atoms with Gasteiger partial charge in [-0.15, -0.1) is 0 Å². The third-order valence-corrected chi connectivity index (χ3v) is 3.09. The van der Waals surface area contributed by atoms with Crippen LogP contribution in [0, 0.1) is 0 Å². The summed E-state index contributed by atoms with van der Waals surface area (Å²) in [5, 5.41) is 3.34. The van der Waals surface area contributed by atoms with E-state index in [2.05, 4.69) is 10.3 Å². The van der Waals surface area contributed by atoms with Crippen molar-refractivity contribution in [3.63, 3.8) is 0 Å². The molecule has 0 radical (unpaired) electrons. The van der Waals surface area contributed by atoms with Gasteiger partial charge in [0.1, 0.15) is 5.82 Å². The van der Waals surface area contributed by atoms with Crippen LogP contribution in [0.15, 0.2) is 42.6 Å². The number of benzene rings is 1. The van der Waals surface area contributed by atoms with Crippen molar-refractivity contribution < 1.29 is 4.79 Å². The normalized spacial score (nSPS) is 14.2. The number of carbonyl (C=O) groups is 1. The molecule has 3 rings (SSSR count). The van der Waals surface area contributed by atoms with Gasteiger partial charge >= 0.3 is 0 Å². The van der Waals surface area contributed by atoms with Crippen LogP contribution in [0.3, 0.4) is 0 Å². The van der Waals surface area contributed by atoms with Crippen LogP contribution in [0.4, 0.5) is 5.82 Å². The number of aldehydes is 1. The summed E-state index contributed by atoms with van der Waals surface area (Å²) in [6.07, 6.45) is 5.16. The molecule has 0 amide bonds. The molecular formula is C15H14N2O. The van der Waals surface area contributed by atoms with E-state index in [9.17, 15) is 4.79 Å². The van der Waals surface area contributed by atoms with Crippen molar-refractivity contribution >= 4 is 12.1 Å². The van der Waals surface area contributed by atoms with Gasteiger partial charge in [-0.2, -0.15) is 0 Å². The van der Waals surface area contributed by atoms with Crippen LogP contribution in [-0.4, -0.2) is 17.3 Å². The first-order valence-corrected chi connectivity index (χ1v) is 6.14. The predicted molar refractivity (Wildman–Crippen MR) is 71.7 cm³/mol. The number of pyridine rings is 1. The van der Waals surface area contributed by atoms with Crippen molar-refractivity contribution in [1.82, 2.24) is 4.98 Å². The second-order valence-corrected chi connectivity index (χ2v) is 4.56. The summed E-state index contributed by atoms with van der Waals surface area (Å²) >= 11 is 0. The van der Waals surface area contributed by atoms with Gasteiger partial charge in [-0.3, -0.25) is 4.79 Å². The number of carbonyl (C=O) groups excluding carboxylic acids is 1. The van der Waals surface area contributed by atoms with Gasteiger partial charge in [0.25, 0.3) is 0 Å². The zero-order chi connectivity index (χ0) is 12.4. The van der Waals surface area contributed by atoms with Crippen LogP contribution in [0.1, 0.15) is 23.2 Å². The summed E-state index contributed by atoms with van der Waals surface area (Å²) in [5.74, 6) is 0.907. The lowest BCUT2D eigenvalue weighted by atomic mass is 10.0. The molecule has 1 heterocycles. The molecule has 1 N–H and O–H groups in total. The fourth-order valence-electron chi connectivity index (χ4n) is 1.94. The maximum Gasteiger partial charge on any atom is 0.150 e. The van der Waals surface area contributed by atoms with E-state index in [0.717, 1.165) is 23.2 Å². The number of aromatic nitrogens is 1. The second kappa shape index (κ2) is 4.61. The molecule has 90 valence electrons. The number of nitrogens with zero attached hydrogens (tertiary/aromatic N) is 1. The molecule has 0 bridgehead atoms. The minimum absolute atomic E-state index is 0.602. The number of nitrogens with one attached hydrogen (secondary N) is 1. The Bertz CT molecular complexity index is 559. The summed E-state index contributed by atoms with van der Waals surface area (Å²) in [4.78, 5) is 15.4. The molecule has 0 aliphatic heterocycles. The molecule has 1 saturated carbocycles. The number of rotatable bonds is 4. The number of hydrogen-bond acceptors (Lipinski definition) is 3. The molecule has 18 heavy (non-hydrogen) atoms. The molecular weight excluding hydrogens is 224 g/mol. The summed E-state index contributed by atoms with van der Waals surface area (Å²) in [6, 6.07) is 12.1. The van der Waals surface area contributed by atoms with Crippen molar-refractivity contribution in [2.24, 2.45) is 0 Å². The third-order valence-electron chi connectivity index (χ3n) is 3.09. The maximum atomic E-state index is 11.0. The van der Waals surface area contributed by atoms with Crippen molar-refractivity contribution in [1.29, 1.82) is 0 Å². The third kappa shape index (κ3) is 2.25. The van der Waals surface area contributed by atoms with E-state index in [4.69, 9.17) is 0 Å². The Hall–Kier alpha value is -2.16. The molecule has 0 atom stereocenters. The average Bonchev–Trinajstić information content (AvgIpc) is 3.24. The van der Waals surface area contributed by atoms with Gasteiger partial charge in [-0.05, 0) is 30.5 Å². The minimum Gasteiger partial charge on any atom is -0.367 e. The fraction of sp³-hybridized carbons (Fsp3) is 0.200. The highest BCUT2D eigenvalue weighted by molar-refractivity contribution is 5.87. The van der Waals surface area contributed by atoms with Crippen LogP contribution >= 0.6 is 0 Å². The largest absolute Gasteiger partial charge is 0.367 e. The lowest BCUT2D eigenvalue weighted by Gasteiger charge is -2.07. The summed E-state index contributed by atoms with van der Waals surface area (Å²) < 4.78 is 0. The zero-order valence-corrected chi connectivity index (χ0v) is 9.97. The van der Waals surface area contributed by atoms with E-state index in [-0.39, 0.29) is 0 Å². The Kier molecular flexibility index (Phi) is 2.81. The van der Waals surface area contributed by atoms with E-state index in [1.165, 1.54) is 12.8 Å². The topological polar surface area (TPSA) is 42.0 Å². The van der Waals surface area contributed by atoms with Gasteiger partial charge in [0.05, 0.1) is 0 Å². The van der Waals surface area contributed by atoms with Crippen molar-refractivity contribution in [3.8, 4) is 11.1 Å². The van der Waals surface area contributed by atoms with Crippen LogP contribution in [0.2, 0.25) is 0 Å². The van der Waals surface area contributed by atoms with Crippen molar-refractivity contribution in [3.05, 3.63) is 48.2 Å². The molecule has 0 saturated heterocycles. The minimum atomic E-state index is 0.602. The lowest BCUT2D eigenvalue weighted by molar-refractivity contribution is 0.112. The lowest BCUT2D eigenvalue weighted by Crippen LogP contribution is -2.02. The highest BCUT2D eigenvalue weighted by Crippen LogP contribution is 2.26. The van der Waals surface area contributed by atoms with E-state index in [1.807, 2.05) is 42.6 Å². The fourth-order valence-corrected chi connectivity index (χ4v) is 1.94. The standard InChI is InChI=1S/C15H14N2O/c18-10-12-3-1-2-4-14(12)11-5-8-15(16-9-11)17-13-6-7-13/h1-5,8-10,13H,6-7H2,(H,16,17). The Labute approximate surface area is 106 Å². The molecule has 1 fully saturated rings. The van der Waals surface area contributed by atoms with E-state index >= 15 is 0 Å². The summed E-state index contributed by atoms with van der Waals surface area (Å²) in [7, 11) is 0. The Balaban J connectivity index is 1.88. The van der Waals surface area contributed by atoms with Gasteiger partial charge in [0, 0.05) is 23.4 Å².